The number of benzene rings is 1. The van der Waals surface area contributed by atoms with E-state index in [4.69, 9.17) is 0 Å². The molecule has 0 bridgehead atoms. The Morgan fingerprint density at radius 3 is 2.20 bits per heavy atom. The molecule has 0 aliphatic carbocycles. The first-order valence-electron chi connectivity index (χ1n) is 5.99. The summed E-state index contributed by atoms with van der Waals surface area (Å²) in [7, 11) is 0. The fourth-order valence-electron chi connectivity index (χ4n) is 2.46. The van der Waals surface area contributed by atoms with E-state index in [1.165, 1.54) is 37.2 Å². The Hall–Kier alpha value is -1.02. The highest BCUT2D eigenvalue weighted by molar-refractivity contribution is 5.49. The molecule has 3 rings (SSSR count). The highest BCUT2D eigenvalue weighted by Crippen LogP contribution is 2.25. The van der Waals surface area contributed by atoms with E-state index in [0.29, 0.717) is 0 Å². The standard InChI is InChI=1S/C13H18N2/c1-2-8-15(7-1)13-5-3-11(4-6-13)12-9-14-10-12/h3-6,12,14H,1-2,7-10H2. The average molecular weight is 202 g/mol. The maximum atomic E-state index is 3.32. The molecule has 0 radical (unpaired) electrons. The molecule has 2 heteroatoms. The molecular formula is C13H18N2. The summed E-state index contributed by atoms with van der Waals surface area (Å²) in [5.74, 6) is 0.762. The third kappa shape index (κ3) is 1.74. The molecule has 1 N–H and O–H groups in total. The topological polar surface area (TPSA) is 15.3 Å². The monoisotopic (exact) mass is 202 g/mol. The van der Waals surface area contributed by atoms with Gasteiger partial charge in [-0.3, -0.25) is 0 Å². The predicted molar refractivity (Wildman–Crippen MR) is 63.5 cm³/mol. The van der Waals surface area contributed by atoms with Crippen molar-refractivity contribution in [1.82, 2.24) is 5.32 Å². The second-order valence-corrected chi connectivity index (χ2v) is 4.64. The first-order valence-corrected chi connectivity index (χ1v) is 5.99. The lowest BCUT2D eigenvalue weighted by Gasteiger charge is -2.28. The van der Waals surface area contributed by atoms with E-state index in [9.17, 15) is 0 Å². The number of nitrogens with one attached hydrogen (secondary N) is 1. The van der Waals surface area contributed by atoms with Crippen molar-refractivity contribution in [3.8, 4) is 0 Å². The van der Waals surface area contributed by atoms with Crippen LogP contribution in [0.4, 0.5) is 5.69 Å². The number of rotatable bonds is 2. The zero-order valence-electron chi connectivity index (χ0n) is 9.08. The van der Waals surface area contributed by atoms with Gasteiger partial charge in [-0.15, -0.1) is 0 Å². The SMILES string of the molecule is c1cc(N2CCCC2)ccc1C1CNC1. The molecule has 2 saturated heterocycles. The molecule has 2 nitrogen and oxygen atoms in total. The van der Waals surface area contributed by atoms with E-state index in [2.05, 4.69) is 34.5 Å². The van der Waals surface area contributed by atoms with Gasteiger partial charge >= 0.3 is 0 Å². The van der Waals surface area contributed by atoms with Crippen molar-refractivity contribution in [2.45, 2.75) is 18.8 Å². The smallest absolute Gasteiger partial charge is 0.0366 e. The van der Waals surface area contributed by atoms with Crippen LogP contribution in [0.5, 0.6) is 0 Å². The zero-order valence-corrected chi connectivity index (χ0v) is 9.08. The lowest BCUT2D eigenvalue weighted by molar-refractivity contribution is 0.448. The Kier molecular flexibility index (Phi) is 2.37. The highest BCUT2D eigenvalue weighted by atomic mass is 15.1. The molecule has 1 aromatic rings. The summed E-state index contributed by atoms with van der Waals surface area (Å²) in [6.07, 6.45) is 2.71. The quantitative estimate of drug-likeness (QED) is 0.789. The van der Waals surface area contributed by atoms with Gasteiger partial charge in [0.05, 0.1) is 0 Å². The minimum absolute atomic E-state index is 0.762. The molecule has 2 aliphatic rings. The summed E-state index contributed by atoms with van der Waals surface area (Å²) in [5, 5.41) is 3.32. The molecule has 2 aliphatic heterocycles. The zero-order chi connectivity index (χ0) is 10.1. The van der Waals surface area contributed by atoms with Gasteiger partial charge < -0.3 is 10.2 Å². The maximum absolute atomic E-state index is 3.32. The predicted octanol–water partition coefficient (Wildman–Crippen LogP) is 1.97. The van der Waals surface area contributed by atoms with Gasteiger partial charge in [-0.25, -0.2) is 0 Å². The number of anilines is 1. The van der Waals surface area contributed by atoms with Crippen LogP contribution in [-0.4, -0.2) is 26.2 Å². The van der Waals surface area contributed by atoms with Crippen LogP contribution in [0.15, 0.2) is 24.3 Å². The number of hydrogen-bond donors (Lipinski definition) is 1. The highest BCUT2D eigenvalue weighted by Gasteiger charge is 2.19. The van der Waals surface area contributed by atoms with E-state index in [1.54, 1.807) is 0 Å². The van der Waals surface area contributed by atoms with Gasteiger partial charge in [0.25, 0.3) is 0 Å². The van der Waals surface area contributed by atoms with E-state index < -0.39 is 0 Å². The van der Waals surface area contributed by atoms with E-state index in [0.717, 1.165) is 19.0 Å². The van der Waals surface area contributed by atoms with E-state index in [1.807, 2.05) is 0 Å². The van der Waals surface area contributed by atoms with Crippen molar-refractivity contribution >= 4 is 5.69 Å². The molecule has 0 amide bonds. The number of hydrogen-bond acceptors (Lipinski definition) is 2. The lowest BCUT2D eigenvalue weighted by Crippen LogP contribution is -2.39. The van der Waals surface area contributed by atoms with Crippen LogP contribution in [0.1, 0.15) is 24.3 Å². The molecule has 0 unspecified atom stereocenters. The Labute approximate surface area is 91.3 Å². The summed E-state index contributed by atoms with van der Waals surface area (Å²) in [6.45, 7) is 4.79. The maximum Gasteiger partial charge on any atom is 0.0366 e. The first kappa shape index (κ1) is 9.22. The molecule has 2 heterocycles. The summed E-state index contributed by atoms with van der Waals surface area (Å²) in [6, 6.07) is 9.19. The lowest BCUT2D eigenvalue weighted by atomic mass is 9.94. The van der Waals surface area contributed by atoms with Crippen molar-refractivity contribution in [3.05, 3.63) is 29.8 Å². The molecule has 0 atom stereocenters. The Morgan fingerprint density at radius 2 is 1.67 bits per heavy atom. The Balaban J connectivity index is 1.74. The van der Waals surface area contributed by atoms with Gasteiger partial charge in [-0.1, -0.05) is 12.1 Å². The molecule has 0 spiro atoms. The second kappa shape index (κ2) is 3.86. The van der Waals surface area contributed by atoms with Crippen molar-refractivity contribution in [3.63, 3.8) is 0 Å². The number of nitrogens with zero attached hydrogens (tertiary/aromatic N) is 1. The normalized spacial score (nSPS) is 21.7. The third-order valence-electron chi connectivity index (χ3n) is 3.62. The molecular weight excluding hydrogens is 184 g/mol. The Bertz CT molecular complexity index is 321. The van der Waals surface area contributed by atoms with Crippen LogP contribution < -0.4 is 10.2 Å². The van der Waals surface area contributed by atoms with Gasteiger partial charge in [0.1, 0.15) is 0 Å². The van der Waals surface area contributed by atoms with Crippen molar-refractivity contribution in [2.75, 3.05) is 31.1 Å². The van der Waals surface area contributed by atoms with Gasteiger partial charge in [0.15, 0.2) is 0 Å². The molecule has 15 heavy (non-hydrogen) atoms. The van der Waals surface area contributed by atoms with Gasteiger partial charge in [-0.2, -0.15) is 0 Å². The largest absolute Gasteiger partial charge is 0.372 e. The molecule has 1 aromatic carbocycles. The Morgan fingerprint density at radius 1 is 1.00 bits per heavy atom. The van der Waals surface area contributed by atoms with E-state index >= 15 is 0 Å². The van der Waals surface area contributed by atoms with Crippen LogP contribution in [0.3, 0.4) is 0 Å². The van der Waals surface area contributed by atoms with Gasteiger partial charge in [0.2, 0.25) is 0 Å². The minimum atomic E-state index is 0.762. The molecule has 0 saturated carbocycles. The summed E-state index contributed by atoms with van der Waals surface area (Å²) >= 11 is 0. The minimum Gasteiger partial charge on any atom is -0.372 e. The van der Waals surface area contributed by atoms with Crippen molar-refractivity contribution in [2.24, 2.45) is 0 Å². The van der Waals surface area contributed by atoms with Crippen molar-refractivity contribution < 1.29 is 0 Å². The van der Waals surface area contributed by atoms with Crippen LogP contribution >= 0.6 is 0 Å². The second-order valence-electron chi connectivity index (χ2n) is 4.64. The van der Waals surface area contributed by atoms with Gasteiger partial charge in [-0.05, 0) is 30.5 Å². The summed E-state index contributed by atoms with van der Waals surface area (Å²) < 4.78 is 0. The van der Waals surface area contributed by atoms with Crippen LogP contribution in [0.2, 0.25) is 0 Å². The average Bonchev–Trinajstić information content (AvgIpc) is 2.69. The van der Waals surface area contributed by atoms with Crippen LogP contribution in [0.25, 0.3) is 0 Å². The molecule has 0 aromatic heterocycles. The van der Waals surface area contributed by atoms with Crippen molar-refractivity contribution in [1.29, 1.82) is 0 Å². The first-order chi connectivity index (χ1) is 7.43. The molecule has 80 valence electrons. The van der Waals surface area contributed by atoms with Crippen LogP contribution in [-0.2, 0) is 0 Å². The fourth-order valence-corrected chi connectivity index (χ4v) is 2.46. The summed E-state index contributed by atoms with van der Waals surface area (Å²) in [5.41, 5.74) is 2.90. The summed E-state index contributed by atoms with van der Waals surface area (Å²) in [4.78, 5) is 2.49. The fraction of sp³-hybridized carbons (Fsp3) is 0.538. The van der Waals surface area contributed by atoms with E-state index in [-0.39, 0.29) is 0 Å². The third-order valence-corrected chi connectivity index (χ3v) is 3.62. The van der Waals surface area contributed by atoms with Gasteiger partial charge in [0, 0.05) is 37.8 Å². The molecule has 2 fully saturated rings. The van der Waals surface area contributed by atoms with Crippen LogP contribution in [0, 0.1) is 0 Å².